The predicted molar refractivity (Wildman–Crippen MR) is 64.3 cm³/mol. The van der Waals surface area contributed by atoms with E-state index in [4.69, 9.17) is 0 Å². The summed E-state index contributed by atoms with van der Waals surface area (Å²) in [5.41, 5.74) is 1.58. The lowest BCUT2D eigenvalue weighted by Gasteiger charge is -2.16. The summed E-state index contributed by atoms with van der Waals surface area (Å²) < 4.78 is 0. The number of hydrogen-bond donors (Lipinski definition) is 2. The molecule has 0 aliphatic heterocycles. The van der Waals surface area contributed by atoms with Crippen LogP contribution in [0.1, 0.15) is 41.4 Å². The maximum Gasteiger partial charge on any atom is 0.339 e. The third-order valence-electron chi connectivity index (χ3n) is 3.36. The van der Waals surface area contributed by atoms with Crippen LogP contribution in [0.25, 0.3) is 0 Å². The molecule has 2 rings (SSSR count). The summed E-state index contributed by atoms with van der Waals surface area (Å²) in [7, 11) is 0. The lowest BCUT2D eigenvalue weighted by atomic mass is 10.1. The summed E-state index contributed by atoms with van der Waals surface area (Å²) in [4.78, 5) is 11.3. The van der Waals surface area contributed by atoms with E-state index >= 15 is 0 Å². The van der Waals surface area contributed by atoms with Gasteiger partial charge in [0.15, 0.2) is 5.82 Å². The zero-order valence-electron chi connectivity index (χ0n) is 10.3. The third-order valence-corrected chi connectivity index (χ3v) is 3.36. The number of carboxylic acid groups (broad SMARTS) is 1. The van der Waals surface area contributed by atoms with Gasteiger partial charge in [-0.1, -0.05) is 0 Å². The van der Waals surface area contributed by atoms with Gasteiger partial charge in [-0.05, 0) is 45.1 Å². The number of aromatic nitrogens is 2. The molecule has 1 aromatic rings. The Morgan fingerprint density at radius 1 is 1.41 bits per heavy atom. The molecular weight excluding hydrogens is 218 g/mol. The van der Waals surface area contributed by atoms with Gasteiger partial charge in [-0.3, -0.25) is 0 Å². The second-order valence-electron chi connectivity index (χ2n) is 4.71. The molecule has 1 heterocycles. The molecule has 0 saturated heterocycles. The van der Waals surface area contributed by atoms with Gasteiger partial charge in [-0.2, -0.15) is 5.10 Å². The molecule has 5 nitrogen and oxygen atoms in total. The number of hydrogen-bond acceptors (Lipinski definition) is 4. The summed E-state index contributed by atoms with van der Waals surface area (Å²) in [5, 5.41) is 20.3. The Morgan fingerprint density at radius 2 is 2.06 bits per heavy atom. The fourth-order valence-corrected chi connectivity index (χ4v) is 1.90. The number of aromatic carboxylic acids is 1. The number of nitrogens with one attached hydrogen (secondary N) is 1. The molecule has 0 amide bonds. The highest BCUT2D eigenvalue weighted by Gasteiger charge is 2.29. The maximum atomic E-state index is 11.3. The first-order chi connectivity index (χ1) is 8.00. The molecule has 0 radical (unpaired) electrons. The van der Waals surface area contributed by atoms with Crippen molar-refractivity contribution in [2.45, 2.75) is 39.7 Å². The normalized spacial score (nSPS) is 16.6. The van der Waals surface area contributed by atoms with Crippen molar-refractivity contribution >= 4 is 11.8 Å². The largest absolute Gasteiger partial charge is 0.478 e. The van der Waals surface area contributed by atoms with Gasteiger partial charge in [0.2, 0.25) is 0 Å². The third kappa shape index (κ3) is 2.38. The highest BCUT2D eigenvalue weighted by Crippen LogP contribution is 2.34. The first kappa shape index (κ1) is 11.8. The Labute approximate surface area is 100 Å². The number of aryl methyl sites for hydroxylation is 1. The van der Waals surface area contributed by atoms with Crippen LogP contribution in [0, 0.1) is 19.8 Å². The van der Waals surface area contributed by atoms with Crippen LogP contribution in [0.3, 0.4) is 0 Å². The summed E-state index contributed by atoms with van der Waals surface area (Å²) in [6.07, 6.45) is 2.41. The summed E-state index contributed by atoms with van der Waals surface area (Å²) in [5.74, 6) is 0.0750. The zero-order valence-corrected chi connectivity index (χ0v) is 10.3. The molecular formula is C12H17N3O2. The fourth-order valence-electron chi connectivity index (χ4n) is 1.90. The molecule has 0 bridgehead atoms. The van der Waals surface area contributed by atoms with Gasteiger partial charge < -0.3 is 10.4 Å². The summed E-state index contributed by atoms with van der Waals surface area (Å²) >= 11 is 0. The highest BCUT2D eigenvalue weighted by molar-refractivity contribution is 5.94. The summed E-state index contributed by atoms with van der Waals surface area (Å²) in [6.45, 7) is 5.59. The zero-order chi connectivity index (χ0) is 12.6. The molecule has 1 unspecified atom stereocenters. The molecule has 1 aliphatic rings. The van der Waals surface area contributed by atoms with Crippen LogP contribution < -0.4 is 5.32 Å². The molecule has 1 aliphatic carbocycles. The van der Waals surface area contributed by atoms with Gasteiger partial charge in [-0.25, -0.2) is 4.79 Å². The van der Waals surface area contributed by atoms with Crippen molar-refractivity contribution in [3.63, 3.8) is 0 Å². The average Bonchev–Trinajstić information content (AvgIpc) is 3.06. The molecule has 1 aromatic heterocycles. The smallest absolute Gasteiger partial charge is 0.339 e. The van der Waals surface area contributed by atoms with Gasteiger partial charge in [0.1, 0.15) is 5.56 Å². The van der Waals surface area contributed by atoms with Crippen LogP contribution in [0.15, 0.2) is 0 Å². The molecule has 92 valence electrons. The minimum Gasteiger partial charge on any atom is -0.478 e. The van der Waals surface area contributed by atoms with Gasteiger partial charge in [0.05, 0.1) is 5.69 Å². The highest BCUT2D eigenvalue weighted by atomic mass is 16.4. The first-order valence-corrected chi connectivity index (χ1v) is 5.84. The molecule has 0 aromatic carbocycles. The Kier molecular flexibility index (Phi) is 3.00. The molecule has 1 fully saturated rings. The lowest BCUT2D eigenvalue weighted by molar-refractivity contribution is 0.0696. The van der Waals surface area contributed by atoms with Crippen molar-refractivity contribution in [2.75, 3.05) is 5.32 Å². The Bertz CT molecular complexity index is 455. The topological polar surface area (TPSA) is 75.1 Å². The van der Waals surface area contributed by atoms with Gasteiger partial charge >= 0.3 is 5.97 Å². The van der Waals surface area contributed by atoms with Crippen LogP contribution in [-0.4, -0.2) is 27.3 Å². The van der Waals surface area contributed by atoms with E-state index in [9.17, 15) is 9.90 Å². The van der Waals surface area contributed by atoms with Crippen molar-refractivity contribution < 1.29 is 9.90 Å². The van der Waals surface area contributed by atoms with Gasteiger partial charge in [0.25, 0.3) is 0 Å². The Hall–Kier alpha value is -1.65. The average molecular weight is 235 g/mol. The van der Waals surface area contributed by atoms with Crippen LogP contribution in [0.4, 0.5) is 5.82 Å². The number of carboxylic acids is 1. The van der Waals surface area contributed by atoms with Gasteiger partial charge in [0, 0.05) is 6.04 Å². The number of carbonyl (C=O) groups is 1. The standard InChI is InChI=1S/C12H17N3O2/c1-6-7(2)14-15-11(10(6)12(16)17)13-8(3)9-4-5-9/h8-9H,4-5H2,1-3H3,(H,13,15)(H,16,17). The minimum absolute atomic E-state index is 0.241. The molecule has 1 atom stereocenters. The number of rotatable bonds is 4. The van der Waals surface area contributed by atoms with E-state index in [-0.39, 0.29) is 11.6 Å². The van der Waals surface area contributed by atoms with Crippen molar-refractivity contribution in [3.05, 3.63) is 16.8 Å². The summed E-state index contributed by atoms with van der Waals surface area (Å²) in [6, 6.07) is 0.254. The van der Waals surface area contributed by atoms with Crippen LogP contribution in [-0.2, 0) is 0 Å². The number of nitrogens with zero attached hydrogens (tertiary/aromatic N) is 2. The van der Waals surface area contributed by atoms with Crippen molar-refractivity contribution in [3.8, 4) is 0 Å². The molecule has 2 N–H and O–H groups in total. The monoisotopic (exact) mass is 235 g/mol. The fraction of sp³-hybridized carbons (Fsp3) is 0.583. The Morgan fingerprint density at radius 3 is 2.59 bits per heavy atom. The first-order valence-electron chi connectivity index (χ1n) is 5.84. The Balaban J connectivity index is 2.31. The lowest BCUT2D eigenvalue weighted by Crippen LogP contribution is -2.21. The van der Waals surface area contributed by atoms with Crippen molar-refractivity contribution in [1.29, 1.82) is 0 Å². The van der Waals surface area contributed by atoms with Gasteiger partial charge in [-0.15, -0.1) is 5.10 Å². The minimum atomic E-state index is -0.953. The molecule has 17 heavy (non-hydrogen) atoms. The van der Waals surface area contributed by atoms with Crippen molar-refractivity contribution in [1.82, 2.24) is 10.2 Å². The van der Waals surface area contributed by atoms with E-state index in [0.717, 1.165) is 0 Å². The van der Waals surface area contributed by atoms with E-state index in [1.807, 2.05) is 0 Å². The van der Waals surface area contributed by atoms with Crippen molar-refractivity contribution in [2.24, 2.45) is 5.92 Å². The van der Waals surface area contributed by atoms with Crippen LogP contribution >= 0.6 is 0 Å². The molecule has 1 saturated carbocycles. The second kappa shape index (κ2) is 4.31. The maximum absolute atomic E-state index is 11.3. The van der Waals surface area contributed by atoms with Crippen LogP contribution in [0.2, 0.25) is 0 Å². The van der Waals surface area contributed by atoms with E-state index in [0.29, 0.717) is 23.0 Å². The van der Waals surface area contributed by atoms with E-state index < -0.39 is 5.97 Å². The number of anilines is 1. The molecule has 5 heteroatoms. The van der Waals surface area contributed by atoms with Crippen LogP contribution in [0.5, 0.6) is 0 Å². The molecule has 0 spiro atoms. The van der Waals surface area contributed by atoms with E-state index in [1.54, 1.807) is 13.8 Å². The predicted octanol–water partition coefficient (Wildman–Crippen LogP) is 2.00. The van der Waals surface area contributed by atoms with E-state index in [1.165, 1.54) is 12.8 Å². The quantitative estimate of drug-likeness (QED) is 0.834. The van der Waals surface area contributed by atoms with E-state index in [2.05, 4.69) is 22.4 Å². The SMILES string of the molecule is Cc1nnc(NC(C)C2CC2)c(C(=O)O)c1C. The second-order valence-corrected chi connectivity index (χ2v) is 4.71.